The summed E-state index contributed by atoms with van der Waals surface area (Å²) >= 11 is 0. The van der Waals surface area contributed by atoms with Crippen molar-refractivity contribution in [3.63, 3.8) is 0 Å². The molecule has 3 heterocycles. The van der Waals surface area contributed by atoms with Crippen molar-refractivity contribution >= 4 is 0 Å². The van der Waals surface area contributed by atoms with Crippen molar-refractivity contribution in [2.24, 2.45) is 0 Å². The lowest BCUT2D eigenvalue weighted by Crippen LogP contribution is -2.34. The monoisotopic (exact) mass is 306 g/mol. The summed E-state index contributed by atoms with van der Waals surface area (Å²) < 4.78 is 0. The van der Waals surface area contributed by atoms with Gasteiger partial charge in [0.25, 0.3) is 0 Å². The first-order chi connectivity index (χ1) is 11.2. The number of nitrogens with zero attached hydrogens (tertiary/aromatic N) is 4. The van der Waals surface area contributed by atoms with Gasteiger partial charge in [-0.25, -0.2) is 0 Å². The molecule has 0 bridgehead atoms. The summed E-state index contributed by atoms with van der Waals surface area (Å²) in [4.78, 5) is 11.7. The largest absolute Gasteiger partial charge is 0.289 e. The second-order valence-corrected chi connectivity index (χ2v) is 6.22. The molecule has 23 heavy (non-hydrogen) atoms. The molecule has 118 valence electrons. The molecule has 3 rings (SSSR count). The van der Waals surface area contributed by atoms with E-state index in [0.717, 1.165) is 24.2 Å². The minimum atomic E-state index is 0.286. The average Bonchev–Trinajstić information content (AvgIpc) is 2.56. The van der Waals surface area contributed by atoms with Crippen LogP contribution in [-0.4, -0.2) is 21.9 Å². The molecule has 1 saturated heterocycles. The van der Waals surface area contributed by atoms with Crippen LogP contribution in [0.4, 0.5) is 0 Å². The van der Waals surface area contributed by atoms with Gasteiger partial charge in [-0.2, -0.15) is 5.26 Å². The summed E-state index contributed by atoms with van der Waals surface area (Å²) in [6, 6.07) is 12.9. The fraction of sp³-hybridized carbons (Fsp3) is 0.421. The summed E-state index contributed by atoms with van der Waals surface area (Å²) in [7, 11) is 2.17. The Hall–Kier alpha value is -2.25. The van der Waals surface area contributed by atoms with Crippen molar-refractivity contribution in [1.82, 2.24) is 14.9 Å². The van der Waals surface area contributed by atoms with Crippen molar-refractivity contribution in [3.05, 3.63) is 59.2 Å². The molecular formula is C19H22N4. The SMILES string of the molecule is Cc1cccnc1[C@@H]1CCC[C@H](c2cccc(CC#N)n2)N1C. The highest BCUT2D eigenvalue weighted by Gasteiger charge is 2.31. The Morgan fingerprint density at radius 3 is 2.83 bits per heavy atom. The zero-order chi connectivity index (χ0) is 16.2. The predicted molar refractivity (Wildman–Crippen MR) is 89.6 cm³/mol. The minimum Gasteiger partial charge on any atom is -0.289 e. The van der Waals surface area contributed by atoms with Crippen molar-refractivity contribution in [1.29, 1.82) is 5.26 Å². The highest BCUT2D eigenvalue weighted by Crippen LogP contribution is 2.39. The van der Waals surface area contributed by atoms with Gasteiger partial charge in [0, 0.05) is 6.20 Å². The number of aryl methyl sites for hydroxylation is 1. The molecule has 4 nitrogen and oxygen atoms in total. The molecule has 0 spiro atoms. The molecule has 2 aromatic rings. The summed E-state index contributed by atoms with van der Waals surface area (Å²) in [6.07, 6.45) is 5.64. The second kappa shape index (κ2) is 6.89. The number of piperidine rings is 1. The third kappa shape index (κ3) is 3.25. The summed E-state index contributed by atoms with van der Waals surface area (Å²) in [5.41, 5.74) is 4.34. The normalized spacial score (nSPS) is 21.8. The number of hydrogen-bond acceptors (Lipinski definition) is 4. The molecule has 0 unspecified atom stereocenters. The lowest BCUT2D eigenvalue weighted by molar-refractivity contribution is 0.109. The first-order valence-corrected chi connectivity index (χ1v) is 8.17. The van der Waals surface area contributed by atoms with Gasteiger partial charge in [0.2, 0.25) is 0 Å². The lowest BCUT2D eigenvalue weighted by Gasteiger charge is -2.39. The first-order valence-electron chi connectivity index (χ1n) is 8.17. The average molecular weight is 306 g/mol. The lowest BCUT2D eigenvalue weighted by atomic mass is 9.90. The van der Waals surface area contributed by atoms with Crippen LogP contribution >= 0.6 is 0 Å². The Balaban J connectivity index is 1.88. The second-order valence-electron chi connectivity index (χ2n) is 6.22. The smallest absolute Gasteiger partial charge is 0.0774 e. The van der Waals surface area contributed by atoms with E-state index in [4.69, 9.17) is 10.2 Å². The standard InChI is InChI=1S/C19H22N4/c1-14-6-5-13-21-19(14)18-10-4-9-17(23(18)2)16-8-3-7-15(22-16)11-12-20/h3,5-8,13,17-18H,4,9-11H2,1-2H3/t17-,18+/m1/s1. The third-order valence-corrected chi connectivity index (χ3v) is 4.73. The maximum Gasteiger partial charge on any atom is 0.0774 e. The van der Waals surface area contributed by atoms with E-state index in [1.54, 1.807) is 0 Å². The number of rotatable bonds is 3. The van der Waals surface area contributed by atoms with Gasteiger partial charge in [-0.3, -0.25) is 14.9 Å². The third-order valence-electron chi connectivity index (χ3n) is 4.73. The van der Waals surface area contributed by atoms with Crippen molar-refractivity contribution in [2.45, 2.75) is 44.7 Å². The zero-order valence-corrected chi connectivity index (χ0v) is 13.7. The van der Waals surface area contributed by atoms with Crippen molar-refractivity contribution < 1.29 is 0 Å². The Kier molecular flexibility index (Phi) is 4.68. The van der Waals surface area contributed by atoms with Gasteiger partial charge in [-0.1, -0.05) is 12.1 Å². The Bertz CT molecular complexity index is 719. The summed E-state index contributed by atoms with van der Waals surface area (Å²) in [5.74, 6) is 0. The highest BCUT2D eigenvalue weighted by molar-refractivity contribution is 5.23. The van der Waals surface area contributed by atoms with E-state index >= 15 is 0 Å². The fourth-order valence-corrected chi connectivity index (χ4v) is 3.53. The Morgan fingerprint density at radius 2 is 2.04 bits per heavy atom. The van der Waals surface area contributed by atoms with Crippen LogP contribution in [0.3, 0.4) is 0 Å². The highest BCUT2D eigenvalue weighted by atomic mass is 15.2. The van der Waals surface area contributed by atoms with Gasteiger partial charge in [0.1, 0.15) is 0 Å². The minimum absolute atomic E-state index is 0.286. The predicted octanol–water partition coefficient (Wildman–Crippen LogP) is 3.75. The maximum atomic E-state index is 8.89. The van der Waals surface area contributed by atoms with E-state index in [1.807, 2.05) is 24.4 Å². The van der Waals surface area contributed by atoms with Crippen molar-refractivity contribution in [3.8, 4) is 6.07 Å². The number of aromatic nitrogens is 2. The molecule has 4 heteroatoms. The zero-order valence-electron chi connectivity index (χ0n) is 13.7. The van der Waals surface area contributed by atoms with E-state index in [0.29, 0.717) is 12.5 Å². The number of hydrogen-bond donors (Lipinski definition) is 0. The topological polar surface area (TPSA) is 52.8 Å². The Morgan fingerprint density at radius 1 is 1.22 bits per heavy atom. The molecule has 0 N–H and O–H groups in total. The number of likely N-dealkylation sites (tertiary alicyclic amines) is 1. The molecule has 2 atom stereocenters. The van der Waals surface area contributed by atoms with Crippen LogP contribution in [0.15, 0.2) is 36.5 Å². The van der Waals surface area contributed by atoms with Gasteiger partial charge in [0.15, 0.2) is 0 Å². The van der Waals surface area contributed by atoms with Crippen LogP contribution in [0.25, 0.3) is 0 Å². The van der Waals surface area contributed by atoms with Gasteiger partial charge in [0.05, 0.1) is 41.7 Å². The molecule has 1 aliphatic rings. The molecular weight excluding hydrogens is 284 g/mol. The van der Waals surface area contributed by atoms with Crippen LogP contribution < -0.4 is 0 Å². The van der Waals surface area contributed by atoms with Crippen molar-refractivity contribution in [2.75, 3.05) is 7.05 Å². The van der Waals surface area contributed by atoms with E-state index in [2.05, 4.69) is 42.1 Å². The summed E-state index contributed by atoms with van der Waals surface area (Å²) in [5, 5.41) is 8.89. The van der Waals surface area contributed by atoms with Crippen LogP contribution in [0.2, 0.25) is 0 Å². The summed E-state index contributed by atoms with van der Waals surface area (Å²) in [6.45, 7) is 2.13. The number of nitriles is 1. The van der Waals surface area contributed by atoms with E-state index in [-0.39, 0.29) is 6.04 Å². The van der Waals surface area contributed by atoms with E-state index in [9.17, 15) is 0 Å². The van der Waals surface area contributed by atoms with Gasteiger partial charge in [-0.05, 0) is 57.0 Å². The van der Waals surface area contributed by atoms with Crippen LogP contribution in [0.1, 0.15) is 54.0 Å². The van der Waals surface area contributed by atoms with Gasteiger partial charge < -0.3 is 0 Å². The van der Waals surface area contributed by atoms with Crippen LogP contribution in [0, 0.1) is 18.3 Å². The van der Waals surface area contributed by atoms with E-state index in [1.165, 1.54) is 17.7 Å². The molecule has 0 aliphatic carbocycles. The van der Waals surface area contributed by atoms with Gasteiger partial charge >= 0.3 is 0 Å². The van der Waals surface area contributed by atoms with E-state index < -0.39 is 0 Å². The molecule has 0 aromatic carbocycles. The van der Waals surface area contributed by atoms with Crippen LogP contribution in [0.5, 0.6) is 0 Å². The maximum absolute atomic E-state index is 8.89. The van der Waals surface area contributed by atoms with Crippen LogP contribution in [-0.2, 0) is 6.42 Å². The quantitative estimate of drug-likeness (QED) is 0.866. The number of pyridine rings is 2. The molecule has 0 amide bonds. The molecule has 0 radical (unpaired) electrons. The molecule has 1 aliphatic heterocycles. The molecule has 2 aromatic heterocycles. The fourth-order valence-electron chi connectivity index (χ4n) is 3.53. The molecule has 0 saturated carbocycles. The Labute approximate surface area is 137 Å². The first kappa shape index (κ1) is 15.6. The molecule has 1 fully saturated rings. The van der Waals surface area contributed by atoms with Gasteiger partial charge in [-0.15, -0.1) is 0 Å².